The molecule has 1 heterocycles. The van der Waals surface area contributed by atoms with Crippen molar-refractivity contribution in [3.63, 3.8) is 0 Å². The average Bonchev–Trinajstić information content (AvgIpc) is 2.13. The van der Waals surface area contributed by atoms with E-state index in [1.807, 2.05) is 6.92 Å². The predicted molar refractivity (Wildman–Crippen MR) is 40.8 cm³/mol. The van der Waals surface area contributed by atoms with Crippen LogP contribution in [0, 0.1) is 0 Å². The largest absolute Gasteiger partial charge is 0.361 e. The van der Waals surface area contributed by atoms with Crippen LogP contribution in [0.5, 0.6) is 0 Å². The Morgan fingerprint density at radius 1 is 1.89 bits per heavy atom. The molecule has 0 saturated heterocycles. The highest BCUT2D eigenvalue weighted by atomic mass is 32.2. The average molecular weight is 144 g/mol. The van der Waals surface area contributed by atoms with Crippen LogP contribution in [0.3, 0.4) is 0 Å². The van der Waals surface area contributed by atoms with Crippen LogP contribution in [0.25, 0.3) is 0 Å². The molecule has 0 aliphatic carbocycles. The monoisotopic (exact) mass is 144 g/mol. The van der Waals surface area contributed by atoms with Crippen LogP contribution in [0.2, 0.25) is 0 Å². The van der Waals surface area contributed by atoms with Gasteiger partial charge in [-0.1, -0.05) is 0 Å². The number of carbonyl (C=O) groups is 1. The first-order valence-corrected chi connectivity index (χ1v) is 3.92. The zero-order chi connectivity index (χ0) is 6.85. The predicted octanol–water partition coefficient (Wildman–Crippen LogP) is 0.970. The Hall–Kier alpha value is -0.770. The number of nitrogens with two attached hydrogens (primary N) is 1. The van der Waals surface area contributed by atoms with Crippen molar-refractivity contribution in [2.75, 3.05) is 0 Å². The fourth-order valence-corrected chi connectivity index (χ4v) is 1.68. The summed E-state index contributed by atoms with van der Waals surface area (Å²) in [4.78, 5) is 14.4. The van der Waals surface area contributed by atoms with E-state index in [9.17, 15) is 4.79 Å². The maximum absolute atomic E-state index is 10.5. The third-order valence-electron chi connectivity index (χ3n) is 1.06. The summed E-state index contributed by atoms with van der Waals surface area (Å²) in [6.45, 7) is 1.82. The van der Waals surface area contributed by atoms with Crippen LogP contribution in [0.1, 0.15) is 6.92 Å². The van der Waals surface area contributed by atoms with E-state index < -0.39 is 10.9 Å². The Morgan fingerprint density at radius 2 is 2.56 bits per heavy atom. The van der Waals surface area contributed by atoms with Crippen molar-refractivity contribution in [1.29, 1.82) is 0 Å². The third kappa shape index (κ3) is 1.13. The van der Waals surface area contributed by atoms with E-state index >= 15 is 0 Å². The van der Waals surface area contributed by atoms with E-state index in [2.05, 4.69) is 4.99 Å². The first-order chi connectivity index (χ1) is 4.22. The van der Waals surface area contributed by atoms with Gasteiger partial charge in [0.2, 0.25) is 0 Å². The maximum atomic E-state index is 10.5. The van der Waals surface area contributed by atoms with Crippen molar-refractivity contribution in [3.05, 3.63) is 11.6 Å². The molecule has 1 aliphatic heterocycles. The fourth-order valence-electron chi connectivity index (χ4n) is 0.611. The van der Waals surface area contributed by atoms with E-state index in [1.54, 1.807) is 11.6 Å². The normalized spacial score (nSPS) is 28.1. The minimum Gasteiger partial charge on any atom is -0.361 e. The number of hydrogen-bond donors (Lipinski definition) is 2. The van der Waals surface area contributed by atoms with Gasteiger partial charge in [0.05, 0.1) is 5.04 Å². The van der Waals surface area contributed by atoms with Crippen LogP contribution >= 0.6 is 10.9 Å². The van der Waals surface area contributed by atoms with Crippen molar-refractivity contribution in [1.82, 2.24) is 0 Å². The summed E-state index contributed by atoms with van der Waals surface area (Å²) in [7, 11) is -0.857. The van der Waals surface area contributed by atoms with Crippen molar-refractivity contribution < 1.29 is 4.79 Å². The summed E-state index contributed by atoms with van der Waals surface area (Å²) in [5.74, 6) is 0. The molecular weight excluding hydrogens is 136 g/mol. The summed E-state index contributed by atoms with van der Waals surface area (Å²) in [5.41, 5.74) is 5.05. The molecule has 1 atom stereocenters. The number of rotatable bonds is 0. The van der Waals surface area contributed by atoms with Gasteiger partial charge >= 0.3 is 0 Å². The Bertz CT molecular complexity index is 197. The molecule has 0 aromatic heterocycles. The summed E-state index contributed by atoms with van der Waals surface area (Å²) in [6, 6.07) is 0. The van der Waals surface area contributed by atoms with Crippen LogP contribution < -0.4 is 5.73 Å². The molecule has 4 heteroatoms. The SMILES string of the molecule is CC1=NC=C[SH]1C(N)=O. The molecule has 1 rings (SSSR count). The Morgan fingerprint density at radius 3 is 2.78 bits per heavy atom. The molecule has 1 amide bonds. The van der Waals surface area contributed by atoms with Crippen molar-refractivity contribution >= 4 is 21.2 Å². The summed E-state index contributed by atoms with van der Waals surface area (Å²) in [6.07, 6.45) is 1.63. The molecular formula is C5H8N2OS. The number of primary amides is 1. The number of amides is 1. The van der Waals surface area contributed by atoms with Gasteiger partial charge in [-0.25, -0.2) is 0 Å². The molecule has 0 aromatic carbocycles. The number of thiol groups is 1. The molecule has 0 bridgehead atoms. The summed E-state index contributed by atoms with van der Waals surface area (Å²) >= 11 is 0. The highest BCUT2D eigenvalue weighted by Gasteiger charge is 2.12. The van der Waals surface area contributed by atoms with E-state index in [0.717, 1.165) is 5.04 Å². The summed E-state index contributed by atoms with van der Waals surface area (Å²) in [5, 5.41) is 2.34. The third-order valence-corrected chi connectivity index (χ3v) is 2.78. The molecule has 0 aromatic rings. The highest BCUT2D eigenvalue weighted by Crippen LogP contribution is 2.32. The molecule has 50 valence electrons. The van der Waals surface area contributed by atoms with Gasteiger partial charge in [-0.3, -0.25) is 9.79 Å². The van der Waals surface area contributed by atoms with Crippen molar-refractivity contribution in [3.8, 4) is 0 Å². The van der Waals surface area contributed by atoms with Gasteiger partial charge < -0.3 is 5.73 Å². The van der Waals surface area contributed by atoms with E-state index in [4.69, 9.17) is 5.73 Å². The first-order valence-electron chi connectivity index (χ1n) is 2.51. The van der Waals surface area contributed by atoms with Crippen LogP contribution in [-0.2, 0) is 0 Å². The molecule has 0 spiro atoms. The van der Waals surface area contributed by atoms with Gasteiger partial charge in [0, 0.05) is 6.20 Å². The maximum Gasteiger partial charge on any atom is 0.265 e. The van der Waals surface area contributed by atoms with Crippen LogP contribution in [0.15, 0.2) is 16.6 Å². The number of aliphatic imine (C=N–C) groups is 1. The number of hydrogen-bond acceptors (Lipinski definition) is 2. The standard InChI is InChI=1S/C5H8N2OS/c1-4-7-2-3-9(4)5(6)8/h2-3,9H,1H3,(H2,6,8). The van der Waals surface area contributed by atoms with Gasteiger partial charge in [-0.05, 0) is 12.3 Å². The minimum absolute atomic E-state index is 0.264. The lowest BCUT2D eigenvalue weighted by Crippen LogP contribution is -2.10. The Kier molecular flexibility index (Phi) is 1.57. The minimum atomic E-state index is -0.857. The molecule has 0 fully saturated rings. The second-order valence-corrected chi connectivity index (χ2v) is 3.81. The molecule has 0 saturated carbocycles. The Balaban J connectivity index is 2.74. The smallest absolute Gasteiger partial charge is 0.265 e. The lowest BCUT2D eigenvalue weighted by molar-refractivity contribution is 0.267. The van der Waals surface area contributed by atoms with Gasteiger partial charge in [0.15, 0.2) is 0 Å². The van der Waals surface area contributed by atoms with Gasteiger partial charge in [0.25, 0.3) is 5.24 Å². The number of nitrogens with zero attached hydrogens (tertiary/aromatic N) is 1. The van der Waals surface area contributed by atoms with Crippen molar-refractivity contribution in [2.24, 2.45) is 10.7 Å². The van der Waals surface area contributed by atoms with E-state index in [1.165, 1.54) is 0 Å². The van der Waals surface area contributed by atoms with Gasteiger partial charge in [-0.2, -0.15) is 0 Å². The topological polar surface area (TPSA) is 55.4 Å². The van der Waals surface area contributed by atoms with E-state index in [-0.39, 0.29) is 5.24 Å². The molecule has 9 heavy (non-hydrogen) atoms. The summed E-state index contributed by atoms with van der Waals surface area (Å²) < 4.78 is 0. The second kappa shape index (κ2) is 2.23. The van der Waals surface area contributed by atoms with Gasteiger partial charge in [0.1, 0.15) is 0 Å². The van der Waals surface area contributed by atoms with Gasteiger partial charge in [-0.15, -0.1) is 10.9 Å². The van der Waals surface area contributed by atoms with Crippen molar-refractivity contribution in [2.45, 2.75) is 6.92 Å². The molecule has 2 N–H and O–H groups in total. The Labute approximate surface area is 56.0 Å². The number of carbonyl (C=O) groups excluding carboxylic acids is 1. The molecule has 3 nitrogen and oxygen atoms in total. The second-order valence-electron chi connectivity index (χ2n) is 1.68. The quantitative estimate of drug-likeness (QED) is 0.489. The zero-order valence-electron chi connectivity index (χ0n) is 5.03. The fraction of sp³-hybridized carbons (Fsp3) is 0.200. The highest BCUT2D eigenvalue weighted by molar-refractivity contribution is 8.43. The van der Waals surface area contributed by atoms with Crippen LogP contribution in [0.4, 0.5) is 4.79 Å². The molecule has 1 unspecified atom stereocenters. The van der Waals surface area contributed by atoms with E-state index in [0.29, 0.717) is 0 Å². The molecule has 0 radical (unpaired) electrons. The molecule has 1 aliphatic rings. The first kappa shape index (κ1) is 6.35. The lowest BCUT2D eigenvalue weighted by Gasteiger charge is -2.05. The lowest BCUT2D eigenvalue weighted by atomic mass is 10.8. The zero-order valence-corrected chi connectivity index (χ0v) is 5.93. The van der Waals surface area contributed by atoms with Crippen LogP contribution in [-0.4, -0.2) is 10.3 Å².